The number of halogens is 1. The molecule has 1 fully saturated rings. The van der Waals surface area contributed by atoms with Crippen molar-refractivity contribution in [2.45, 2.75) is 0 Å². The fourth-order valence-electron chi connectivity index (χ4n) is 5.21. The Morgan fingerprint density at radius 3 is 2.27 bits per heavy atom. The Morgan fingerprint density at radius 1 is 0.978 bits per heavy atom. The highest BCUT2D eigenvalue weighted by Crippen LogP contribution is 2.35. The number of amides is 2. The number of esters is 1. The Kier molecular flexibility index (Phi) is 10.6. The van der Waals surface area contributed by atoms with E-state index in [0.29, 0.717) is 28.9 Å². The molecule has 236 valence electrons. The summed E-state index contributed by atoms with van der Waals surface area (Å²) < 4.78 is 5.83. The predicted molar refractivity (Wildman–Crippen MR) is 176 cm³/mol. The van der Waals surface area contributed by atoms with Crippen LogP contribution in [0, 0.1) is 0 Å². The SMILES string of the molecule is COC(=O)c1ccc2c(C(=Nc3ccc(N(C)C(=O)CN4CCN(C)CC4)cc3)c3ccccc3)c(O)n(C(=O)NN)c2c1.Cl. The number of aliphatic imine (C=N–C) groups is 1. The number of anilines is 1. The van der Waals surface area contributed by atoms with E-state index < -0.39 is 17.9 Å². The number of nitrogens with one attached hydrogen (secondary N) is 1. The summed E-state index contributed by atoms with van der Waals surface area (Å²) in [6.45, 7) is 3.92. The number of hydrazine groups is 1. The van der Waals surface area contributed by atoms with Crippen LogP contribution in [0.4, 0.5) is 16.2 Å². The summed E-state index contributed by atoms with van der Waals surface area (Å²) >= 11 is 0. The van der Waals surface area contributed by atoms with Crippen molar-refractivity contribution in [1.82, 2.24) is 19.8 Å². The number of carbonyl (C=O) groups excluding carboxylic acids is 3. The Hall–Kier alpha value is -4.75. The first-order chi connectivity index (χ1) is 21.2. The van der Waals surface area contributed by atoms with E-state index in [-0.39, 0.29) is 35.0 Å². The van der Waals surface area contributed by atoms with Gasteiger partial charge in [0.15, 0.2) is 0 Å². The number of aromatic nitrogens is 1. The molecule has 1 saturated heterocycles. The number of methoxy groups -OCH3 is 1. The summed E-state index contributed by atoms with van der Waals surface area (Å²) in [5.74, 6) is 4.43. The van der Waals surface area contributed by atoms with Gasteiger partial charge in [0.05, 0.1) is 41.7 Å². The normalized spacial score (nSPS) is 14.1. The molecule has 2 amide bonds. The zero-order valence-corrected chi connectivity index (χ0v) is 26.1. The summed E-state index contributed by atoms with van der Waals surface area (Å²) in [7, 11) is 5.09. The number of rotatable bonds is 7. The van der Waals surface area contributed by atoms with Gasteiger partial charge in [0.1, 0.15) is 0 Å². The van der Waals surface area contributed by atoms with Crippen molar-refractivity contribution >= 4 is 58.3 Å². The van der Waals surface area contributed by atoms with E-state index in [1.54, 1.807) is 36.2 Å². The van der Waals surface area contributed by atoms with Crippen LogP contribution < -0.4 is 16.2 Å². The number of aromatic hydroxyl groups is 1. The van der Waals surface area contributed by atoms with E-state index in [0.717, 1.165) is 36.4 Å². The van der Waals surface area contributed by atoms with Gasteiger partial charge in [-0.15, -0.1) is 12.4 Å². The third-order valence-corrected chi connectivity index (χ3v) is 7.78. The summed E-state index contributed by atoms with van der Waals surface area (Å²) in [6, 6.07) is 20.2. The quantitative estimate of drug-likeness (QED) is 0.0924. The highest BCUT2D eigenvalue weighted by Gasteiger charge is 2.26. The van der Waals surface area contributed by atoms with Crippen LogP contribution in [0.3, 0.4) is 0 Å². The molecule has 13 heteroatoms. The van der Waals surface area contributed by atoms with E-state index >= 15 is 0 Å². The van der Waals surface area contributed by atoms with Gasteiger partial charge in [0, 0.05) is 49.9 Å². The zero-order chi connectivity index (χ0) is 31.4. The smallest absolute Gasteiger partial charge is 0.343 e. The van der Waals surface area contributed by atoms with Gasteiger partial charge >= 0.3 is 12.0 Å². The molecular formula is C32H36ClN7O5. The van der Waals surface area contributed by atoms with Gasteiger partial charge in [-0.2, -0.15) is 0 Å². The van der Waals surface area contributed by atoms with Crippen molar-refractivity contribution in [3.63, 3.8) is 0 Å². The number of carbonyl (C=O) groups is 3. The first kappa shape index (κ1) is 33.1. The lowest BCUT2D eigenvalue weighted by atomic mass is 10.00. The molecule has 1 aromatic heterocycles. The molecule has 2 heterocycles. The molecule has 0 unspecified atom stereocenters. The Balaban J connectivity index is 0.00000461. The number of fused-ring (bicyclic) bond motifs is 1. The lowest BCUT2D eigenvalue weighted by Crippen LogP contribution is -2.48. The Bertz CT molecular complexity index is 1720. The first-order valence-corrected chi connectivity index (χ1v) is 14.1. The van der Waals surface area contributed by atoms with E-state index in [1.807, 2.05) is 47.9 Å². The van der Waals surface area contributed by atoms with E-state index in [1.165, 1.54) is 13.2 Å². The van der Waals surface area contributed by atoms with Crippen molar-refractivity contribution < 1.29 is 24.2 Å². The lowest BCUT2D eigenvalue weighted by molar-refractivity contribution is -0.119. The third kappa shape index (κ3) is 6.99. The fourth-order valence-corrected chi connectivity index (χ4v) is 5.21. The van der Waals surface area contributed by atoms with Gasteiger partial charge in [0.2, 0.25) is 11.8 Å². The zero-order valence-electron chi connectivity index (χ0n) is 25.3. The molecule has 0 bridgehead atoms. The van der Waals surface area contributed by atoms with E-state index in [9.17, 15) is 19.5 Å². The van der Waals surface area contributed by atoms with Crippen LogP contribution in [0.2, 0.25) is 0 Å². The second-order valence-electron chi connectivity index (χ2n) is 10.6. The first-order valence-electron chi connectivity index (χ1n) is 14.1. The van der Waals surface area contributed by atoms with Crippen LogP contribution in [0.5, 0.6) is 5.88 Å². The minimum atomic E-state index is -0.804. The molecule has 0 radical (unpaired) electrons. The van der Waals surface area contributed by atoms with Crippen LogP contribution in [0.15, 0.2) is 77.8 Å². The molecule has 4 aromatic rings. The lowest BCUT2D eigenvalue weighted by Gasteiger charge is -2.32. The van der Waals surface area contributed by atoms with Crippen molar-refractivity contribution in [1.29, 1.82) is 0 Å². The average Bonchev–Trinajstić information content (AvgIpc) is 3.34. The molecule has 4 N–H and O–H groups in total. The van der Waals surface area contributed by atoms with Crippen molar-refractivity contribution in [2.24, 2.45) is 10.8 Å². The van der Waals surface area contributed by atoms with Crippen molar-refractivity contribution in [3.05, 3.63) is 89.5 Å². The van der Waals surface area contributed by atoms with Crippen LogP contribution in [0.1, 0.15) is 21.5 Å². The summed E-state index contributed by atoms with van der Waals surface area (Å²) in [5, 5.41) is 11.9. The highest BCUT2D eigenvalue weighted by atomic mass is 35.5. The Morgan fingerprint density at radius 2 is 1.64 bits per heavy atom. The van der Waals surface area contributed by atoms with Gasteiger partial charge in [-0.3, -0.25) is 15.1 Å². The molecule has 12 nitrogen and oxygen atoms in total. The number of nitrogens with zero attached hydrogens (tertiary/aromatic N) is 5. The molecule has 0 aliphatic carbocycles. The molecule has 0 saturated carbocycles. The largest absolute Gasteiger partial charge is 0.494 e. The van der Waals surface area contributed by atoms with Crippen molar-refractivity contribution in [3.8, 4) is 5.88 Å². The van der Waals surface area contributed by atoms with Crippen molar-refractivity contribution in [2.75, 3.05) is 58.8 Å². The molecule has 0 spiro atoms. The van der Waals surface area contributed by atoms with Crippen LogP contribution in [-0.2, 0) is 9.53 Å². The summed E-state index contributed by atoms with van der Waals surface area (Å²) in [6.07, 6.45) is 0. The summed E-state index contributed by atoms with van der Waals surface area (Å²) in [4.78, 5) is 49.0. The number of ether oxygens (including phenoxy) is 1. The second-order valence-corrected chi connectivity index (χ2v) is 10.6. The molecule has 5 rings (SSSR count). The Labute approximate surface area is 267 Å². The molecule has 3 aromatic carbocycles. The highest BCUT2D eigenvalue weighted by molar-refractivity contribution is 6.23. The van der Waals surface area contributed by atoms with Gasteiger partial charge in [-0.25, -0.2) is 25.0 Å². The van der Waals surface area contributed by atoms with Gasteiger partial charge < -0.3 is 19.6 Å². The molecule has 0 atom stereocenters. The standard InChI is InChI=1S/C32H35N7O5.ClH/c1-36-15-17-38(18-16-36)20-27(40)37(2)24-12-10-23(11-13-24)34-29(21-7-5-4-6-8-21)28-25-14-9-22(31(42)44-3)19-26(25)39(30(28)41)32(43)35-33;/h4-14,19,41H,15-18,20,33H2,1-3H3,(H,35,43);1H. The second kappa shape index (κ2) is 14.4. The molecule has 1 aliphatic heterocycles. The topological polar surface area (TPSA) is 146 Å². The number of benzene rings is 3. The maximum Gasteiger partial charge on any atom is 0.343 e. The number of nitrogens with two attached hydrogens (primary N) is 1. The van der Waals surface area contributed by atoms with E-state index in [4.69, 9.17) is 15.6 Å². The molecular weight excluding hydrogens is 598 g/mol. The summed E-state index contributed by atoms with van der Waals surface area (Å²) in [5.41, 5.74) is 5.08. The number of nitrogen functional groups attached to an aromatic ring is 1. The number of piperazine rings is 1. The number of likely N-dealkylation sites (N-methyl/N-ethyl adjacent to an activating group) is 2. The van der Waals surface area contributed by atoms with Gasteiger partial charge in [-0.05, 0) is 43.4 Å². The molecule has 1 aliphatic rings. The maximum atomic E-state index is 13.0. The van der Waals surface area contributed by atoms with Gasteiger partial charge in [0.25, 0.3) is 0 Å². The monoisotopic (exact) mass is 633 g/mol. The number of hydrogen-bond acceptors (Lipinski definition) is 9. The number of hydrogen-bond donors (Lipinski definition) is 3. The van der Waals surface area contributed by atoms with Gasteiger partial charge in [-0.1, -0.05) is 36.4 Å². The van der Waals surface area contributed by atoms with E-state index in [2.05, 4.69) is 16.8 Å². The average molecular weight is 634 g/mol. The maximum absolute atomic E-state index is 13.0. The third-order valence-electron chi connectivity index (χ3n) is 7.78. The fraction of sp³-hybridized carbons (Fsp3) is 0.250. The van der Waals surface area contributed by atoms with Crippen LogP contribution in [-0.4, -0.2) is 97.0 Å². The minimum absolute atomic E-state index is 0. The van der Waals surface area contributed by atoms with Crippen LogP contribution in [0.25, 0.3) is 10.9 Å². The van der Waals surface area contributed by atoms with Crippen LogP contribution >= 0.6 is 12.4 Å². The minimum Gasteiger partial charge on any atom is -0.494 e. The molecule has 45 heavy (non-hydrogen) atoms. The predicted octanol–water partition coefficient (Wildman–Crippen LogP) is 3.37.